The summed E-state index contributed by atoms with van der Waals surface area (Å²) in [5.41, 5.74) is 3.15. The van der Waals surface area contributed by atoms with E-state index in [-0.39, 0.29) is 22.2 Å². The van der Waals surface area contributed by atoms with Gasteiger partial charge in [0.1, 0.15) is 11.5 Å². The second-order valence-electron chi connectivity index (χ2n) is 5.19. The van der Waals surface area contributed by atoms with Gasteiger partial charge >= 0.3 is 0 Å². The van der Waals surface area contributed by atoms with Gasteiger partial charge in [-0.2, -0.15) is 0 Å². The van der Waals surface area contributed by atoms with E-state index in [4.69, 9.17) is 0 Å². The number of nitrogens with zero attached hydrogens (tertiary/aromatic N) is 2. The summed E-state index contributed by atoms with van der Waals surface area (Å²) in [7, 11) is 0. The van der Waals surface area contributed by atoms with Crippen LogP contribution in [-0.2, 0) is 0 Å². The SMILES string of the molecule is CC1CCCC(C)N1Nc1cc(Br)c(F)cc1[N+](=O)[O-]. The predicted molar refractivity (Wildman–Crippen MR) is 79.0 cm³/mol. The Morgan fingerprint density at radius 3 is 2.55 bits per heavy atom. The standard InChI is InChI=1S/C13H17BrFN3O2/c1-8-4-3-5-9(2)17(8)16-12-6-10(14)11(15)7-13(12)18(19)20/h6-9,16H,3-5H2,1-2H3. The summed E-state index contributed by atoms with van der Waals surface area (Å²) in [4.78, 5) is 10.5. The zero-order valence-electron chi connectivity index (χ0n) is 11.4. The molecule has 0 saturated carbocycles. The number of piperidine rings is 1. The zero-order valence-corrected chi connectivity index (χ0v) is 13.0. The molecular formula is C13H17BrFN3O2. The van der Waals surface area contributed by atoms with Gasteiger partial charge in [-0.05, 0) is 48.7 Å². The smallest absolute Gasteiger partial charge is 0.296 e. The quantitative estimate of drug-likeness (QED) is 0.662. The summed E-state index contributed by atoms with van der Waals surface area (Å²) in [6.45, 7) is 4.15. The predicted octanol–water partition coefficient (Wildman–Crippen LogP) is 4.09. The highest BCUT2D eigenvalue weighted by Crippen LogP contribution is 2.33. The van der Waals surface area contributed by atoms with Crippen LogP contribution in [0.4, 0.5) is 15.8 Å². The van der Waals surface area contributed by atoms with Crippen LogP contribution in [0.2, 0.25) is 0 Å². The van der Waals surface area contributed by atoms with Gasteiger partial charge in [0.15, 0.2) is 0 Å². The molecular weight excluding hydrogens is 329 g/mol. The van der Waals surface area contributed by atoms with E-state index < -0.39 is 10.7 Å². The van der Waals surface area contributed by atoms with Crippen molar-refractivity contribution in [2.75, 3.05) is 5.43 Å². The van der Waals surface area contributed by atoms with E-state index in [1.165, 1.54) is 6.07 Å². The average Bonchev–Trinajstić information content (AvgIpc) is 2.37. The Labute approximate surface area is 125 Å². The topological polar surface area (TPSA) is 58.4 Å². The first-order valence-electron chi connectivity index (χ1n) is 6.58. The number of nitro benzene ring substituents is 1. The van der Waals surface area contributed by atoms with E-state index >= 15 is 0 Å². The number of benzene rings is 1. The molecule has 0 aromatic heterocycles. The lowest BCUT2D eigenvalue weighted by atomic mass is 10.00. The minimum Gasteiger partial charge on any atom is -0.312 e. The molecule has 1 aromatic carbocycles. The van der Waals surface area contributed by atoms with Crippen LogP contribution in [0.1, 0.15) is 33.1 Å². The molecule has 5 nitrogen and oxygen atoms in total. The molecule has 7 heteroatoms. The van der Waals surface area contributed by atoms with Crippen LogP contribution in [-0.4, -0.2) is 22.0 Å². The molecule has 2 rings (SSSR count). The maximum absolute atomic E-state index is 13.5. The summed E-state index contributed by atoms with van der Waals surface area (Å²) in [6.07, 6.45) is 3.22. The minimum absolute atomic E-state index is 0.211. The lowest BCUT2D eigenvalue weighted by molar-refractivity contribution is -0.384. The molecule has 1 saturated heterocycles. The molecule has 2 atom stereocenters. The number of hydrogen-bond donors (Lipinski definition) is 1. The highest BCUT2D eigenvalue weighted by Gasteiger charge is 2.27. The molecule has 0 amide bonds. The molecule has 2 unspecified atom stereocenters. The fourth-order valence-corrected chi connectivity index (χ4v) is 2.90. The van der Waals surface area contributed by atoms with Gasteiger partial charge in [0.2, 0.25) is 0 Å². The molecule has 1 aliphatic rings. The molecule has 0 spiro atoms. The van der Waals surface area contributed by atoms with E-state index in [1.807, 2.05) is 5.01 Å². The third kappa shape index (κ3) is 3.09. The van der Waals surface area contributed by atoms with Gasteiger partial charge < -0.3 is 5.43 Å². The van der Waals surface area contributed by atoms with Gasteiger partial charge in [0.25, 0.3) is 5.69 Å². The maximum Gasteiger partial charge on any atom is 0.296 e. The highest BCUT2D eigenvalue weighted by atomic mass is 79.9. The molecule has 0 radical (unpaired) electrons. The third-order valence-electron chi connectivity index (χ3n) is 3.68. The van der Waals surface area contributed by atoms with E-state index in [9.17, 15) is 14.5 Å². The van der Waals surface area contributed by atoms with Gasteiger partial charge in [0.05, 0.1) is 15.5 Å². The number of hydrogen-bond acceptors (Lipinski definition) is 4. The maximum atomic E-state index is 13.5. The van der Waals surface area contributed by atoms with E-state index in [1.54, 1.807) is 0 Å². The van der Waals surface area contributed by atoms with Crippen molar-refractivity contribution >= 4 is 27.3 Å². The Kier molecular flexibility index (Phi) is 4.59. The van der Waals surface area contributed by atoms with Gasteiger partial charge in [-0.25, -0.2) is 9.40 Å². The third-order valence-corrected chi connectivity index (χ3v) is 4.29. The first-order chi connectivity index (χ1) is 9.40. The van der Waals surface area contributed by atoms with Crippen LogP contribution in [0.15, 0.2) is 16.6 Å². The molecule has 1 N–H and O–H groups in total. The highest BCUT2D eigenvalue weighted by molar-refractivity contribution is 9.10. The summed E-state index contributed by atoms with van der Waals surface area (Å²) < 4.78 is 13.7. The Morgan fingerprint density at radius 1 is 1.40 bits per heavy atom. The monoisotopic (exact) mass is 345 g/mol. The van der Waals surface area contributed by atoms with E-state index in [2.05, 4.69) is 35.2 Å². The van der Waals surface area contributed by atoms with Gasteiger partial charge in [0, 0.05) is 12.1 Å². The number of hydrazine groups is 1. The van der Waals surface area contributed by atoms with Crippen LogP contribution in [0.3, 0.4) is 0 Å². The Hall–Kier alpha value is -1.21. The lowest BCUT2D eigenvalue weighted by Gasteiger charge is -2.39. The molecule has 1 aromatic rings. The van der Waals surface area contributed by atoms with Crippen molar-refractivity contribution in [1.82, 2.24) is 5.01 Å². The van der Waals surface area contributed by atoms with Crippen LogP contribution in [0.5, 0.6) is 0 Å². The van der Waals surface area contributed by atoms with Crippen LogP contribution in [0.25, 0.3) is 0 Å². The summed E-state index contributed by atoms with van der Waals surface area (Å²) in [5, 5.41) is 13.1. The van der Waals surface area contributed by atoms with E-state index in [0.29, 0.717) is 5.69 Å². The molecule has 1 fully saturated rings. The largest absolute Gasteiger partial charge is 0.312 e. The van der Waals surface area contributed by atoms with E-state index in [0.717, 1.165) is 25.3 Å². The van der Waals surface area contributed by atoms with Crippen LogP contribution < -0.4 is 5.43 Å². The average molecular weight is 346 g/mol. The fourth-order valence-electron chi connectivity index (χ4n) is 2.56. The summed E-state index contributed by atoms with van der Waals surface area (Å²) in [5.74, 6) is -0.637. The summed E-state index contributed by atoms with van der Waals surface area (Å²) in [6, 6.07) is 2.91. The van der Waals surface area contributed by atoms with Crippen molar-refractivity contribution in [2.24, 2.45) is 0 Å². The molecule has 1 heterocycles. The van der Waals surface area contributed by atoms with Crippen molar-refractivity contribution in [2.45, 2.75) is 45.2 Å². The van der Waals surface area contributed by atoms with Crippen molar-refractivity contribution in [1.29, 1.82) is 0 Å². The van der Waals surface area contributed by atoms with Crippen molar-refractivity contribution in [3.63, 3.8) is 0 Å². The van der Waals surface area contributed by atoms with Crippen LogP contribution in [0, 0.1) is 15.9 Å². The molecule has 1 aliphatic heterocycles. The second-order valence-corrected chi connectivity index (χ2v) is 6.04. The van der Waals surface area contributed by atoms with Gasteiger partial charge in [-0.3, -0.25) is 10.1 Å². The van der Waals surface area contributed by atoms with Crippen molar-refractivity contribution in [3.05, 3.63) is 32.5 Å². The Bertz CT molecular complexity index is 517. The normalized spacial score (nSPS) is 23.6. The number of rotatable bonds is 3. The molecule has 110 valence electrons. The van der Waals surface area contributed by atoms with Crippen LogP contribution >= 0.6 is 15.9 Å². The first-order valence-corrected chi connectivity index (χ1v) is 7.38. The fraction of sp³-hybridized carbons (Fsp3) is 0.538. The molecule has 20 heavy (non-hydrogen) atoms. The molecule has 0 bridgehead atoms. The molecule has 0 aliphatic carbocycles. The number of anilines is 1. The summed E-state index contributed by atoms with van der Waals surface area (Å²) >= 11 is 3.07. The zero-order chi connectivity index (χ0) is 14.9. The van der Waals surface area contributed by atoms with Gasteiger partial charge in [-0.1, -0.05) is 6.42 Å². The number of halogens is 2. The lowest BCUT2D eigenvalue weighted by Crippen LogP contribution is -2.47. The Morgan fingerprint density at radius 2 is 2.00 bits per heavy atom. The van der Waals surface area contributed by atoms with Gasteiger partial charge in [-0.15, -0.1) is 0 Å². The number of nitrogens with one attached hydrogen (secondary N) is 1. The number of nitro groups is 1. The first kappa shape index (κ1) is 15.2. The Balaban J connectivity index is 2.32. The van der Waals surface area contributed by atoms with Crippen molar-refractivity contribution in [3.8, 4) is 0 Å². The van der Waals surface area contributed by atoms with Crippen molar-refractivity contribution < 1.29 is 9.31 Å². The second kappa shape index (κ2) is 6.05. The minimum atomic E-state index is -0.637.